The second-order valence-corrected chi connectivity index (χ2v) is 5.27. The number of nitrogens with zero attached hydrogens (tertiary/aromatic N) is 1. The van der Waals surface area contributed by atoms with Crippen LogP contribution in [0.3, 0.4) is 0 Å². The fourth-order valence-corrected chi connectivity index (χ4v) is 1.56. The minimum Gasteiger partial charge on any atom is -0.367 e. The van der Waals surface area contributed by atoms with E-state index in [1.807, 2.05) is 39.4 Å². The molecular formula is C13H23N3O. The molecule has 0 radical (unpaired) electrons. The van der Waals surface area contributed by atoms with Crippen molar-refractivity contribution in [2.45, 2.75) is 38.6 Å². The van der Waals surface area contributed by atoms with Crippen molar-refractivity contribution in [1.29, 1.82) is 0 Å². The highest BCUT2D eigenvalue weighted by Gasteiger charge is 2.15. The monoisotopic (exact) mass is 237 g/mol. The first kappa shape index (κ1) is 13.8. The van der Waals surface area contributed by atoms with E-state index < -0.39 is 0 Å². The van der Waals surface area contributed by atoms with E-state index >= 15 is 0 Å². The maximum Gasteiger partial charge on any atom is 0.222 e. The number of hydrogen-bond acceptors (Lipinski definition) is 2. The molecule has 0 saturated heterocycles. The minimum absolute atomic E-state index is 0.166. The zero-order valence-corrected chi connectivity index (χ0v) is 11.0. The van der Waals surface area contributed by atoms with Gasteiger partial charge in [0.25, 0.3) is 0 Å². The standard InChI is InChI=1S/C13H23N3O/c1-13(2,14)7-4-12(17)16(3)9-6-11-5-8-15-10-11/h5,8,10,15H,4,6-7,9,14H2,1-3H3. The third-order valence-electron chi connectivity index (χ3n) is 2.81. The minimum atomic E-state index is -0.267. The van der Waals surface area contributed by atoms with Crippen molar-refractivity contribution in [3.8, 4) is 0 Å². The summed E-state index contributed by atoms with van der Waals surface area (Å²) in [5.41, 5.74) is 6.82. The summed E-state index contributed by atoms with van der Waals surface area (Å²) < 4.78 is 0. The summed E-state index contributed by atoms with van der Waals surface area (Å²) in [7, 11) is 1.85. The molecule has 1 heterocycles. The largest absolute Gasteiger partial charge is 0.367 e. The maximum absolute atomic E-state index is 11.8. The van der Waals surface area contributed by atoms with E-state index in [4.69, 9.17) is 5.73 Å². The van der Waals surface area contributed by atoms with Crippen molar-refractivity contribution in [2.24, 2.45) is 5.73 Å². The van der Waals surface area contributed by atoms with Crippen molar-refractivity contribution in [1.82, 2.24) is 9.88 Å². The highest BCUT2D eigenvalue weighted by molar-refractivity contribution is 5.75. The molecule has 0 fully saturated rings. The second-order valence-electron chi connectivity index (χ2n) is 5.27. The number of nitrogens with two attached hydrogens (primary N) is 1. The van der Waals surface area contributed by atoms with Gasteiger partial charge in [-0.3, -0.25) is 4.79 Å². The van der Waals surface area contributed by atoms with E-state index in [2.05, 4.69) is 4.98 Å². The highest BCUT2D eigenvalue weighted by Crippen LogP contribution is 2.09. The van der Waals surface area contributed by atoms with E-state index in [-0.39, 0.29) is 11.4 Å². The van der Waals surface area contributed by atoms with Gasteiger partial charge in [-0.05, 0) is 38.3 Å². The Hall–Kier alpha value is -1.29. The number of nitrogens with one attached hydrogen (secondary N) is 1. The summed E-state index contributed by atoms with van der Waals surface area (Å²) in [5, 5.41) is 0. The molecule has 0 unspecified atom stereocenters. The van der Waals surface area contributed by atoms with Crippen LogP contribution in [0.25, 0.3) is 0 Å². The Bertz CT molecular complexity index is 338. The first-order valence-electron chi connectivity index (χ1n) is 6.03. The topological polar surface area (TPSA) is 62.1 Å². The van der Waals surface area contributed by atoms with Gasteiger partial charge in [0.2, 0.25) is 5.91 Å². The fourth-order valence-electron chi connectivity index (χ4n) is 1.56. The molecule has 4 heteroatoms. The van der Waals surface area contributed by atoms with Crippen LogP contribution in [0.4, 0.5) is 0 Å². The Labute approximate surface area is 103 Å². The summed E-state index contributed by atoms with van der Waals surface area (Å²) in [4.78, 5) is 16.6. The number of hydrogen-bond donors (Lipinski definition) is 2. The first-order valence-corrected chi connectivity index (χ1v) is 6.03. The van der Waals surface area contributed by atoms with Gasteiger partial charge in [-0.25, -0.2) is 0 Å². The molecular weight excluding hydrogens is 214 g/mol. The summed E-state index contributed by atoms with van der Waals surface area (Å²) in [6, 6.07) is 2.03. The number of amides is 1. The van der Waals surface area contributed by atoms with Crippen molar-refractivity contribution < 1.29 is 4.79 Å². The van der Waals surface area contributed by atoms with E-state index in [0.29, 0.717) is 6.42 Å². The van der Waals surface area contributed by atoms with Crippen molar-refractivity contribution in [3.05, 3.63) is 24.0 Å². The normalized spacial score (nSPS) is 11.5. The average molecular weight is 237 g/mol. The van der Waals surface area contributed by atoms with Crippen molar-refractivity contribution in [3.63, 3.8) is 0 Å². The van der Waals surface area contributed by atoms with Gasteiger partial charge < -0.3 is 15.6 Å². The highest BCUT2D eigenvalue weighted by atomic mass is 16.2. The van der Waals surface area contributed by atoms with E-state index in [0.717, 1.165) is 19.4 Å². The van der Waals surface area contributed by atoms with Gasteiger partial charge in [0.05, 0.1) is 0 Å². The van der Waals surface area contributed by atoms with Crippen LogP contribution < -0.4 is 5.73 Å². The number of likely N-dealkylation sites (N-methyl/N-ethyl adjacent to an activating group) is 1. The van der Waals surface area contributed by atoms with Crippen LogP contribution in [0.15, 0.2) is 18.5 Å². The van der Waals surface area contributed by atoms with Crippen LogP contribution >= 0.6 is 0 Å². The smallest absolute Gasteiger partial charge is 0.222 e. The van der Waals surface area contributed by atoms with Gasteiger partial charge in [-0.15, -0.1) is 0 Å². The molecule has 3 N–H and O–H groups in total. The third kappa shape index (κ3) is 5.54. The Balaban J connectivity index is 2.27. The van der Waals surface area contributed by atoms with Crippen LogP contribution in [0.2, 0.25) is 0 Å². The molecule has 1 aromatic rings. The average Bonchev–Trinajstić information content (AvgIpc) is 2.74. The zero-order valence-electron chi connectivity index (χ0n) is 11.0. The molecule has 0 aromatic carbocycles. The Morgan fingerprint density at radius 1 is 1.53 bits per heavy atom. The lowest BCUT2D eigenvalue weighted by Gasteiger charge is -2.21. The molecule has 0 atom stereocenters. The van der Waals surface area contributed by atoms with E-state index in [1.54, 1.807) is 4.90 Å². The molecule has 17 heavy (non-hydrogen) atoms. The number of carbonyl (C=O) groups is 1. The Kier molecular flexibility index (Phi) is 4.75. The molecule has 1 amide bonds. The van der Waals surface area contributed by atoms with E-state index in [1.165, 1.54) is 5.56 Å². The Morgan fingerprint density at radius 2 is 2.24 bits per heavy atom. The van der Waals surface area contributed by atoms with Gasteiger partial charge in [0.15, 0.2) is 0 Å². The molecule has 0 aliphatic heterocycles. The molecule has 0 aliphatic carbocycles. The predicted octanol–water partition coefficient (Wildman–Crippen LogP) is 1.53. The van der Waals surface area contributed by atoms with Crippen LogP contribution in [0.5, 0.6) is 0 Å². The molecule has 4 nitrogen and oxygen atoms in total. The van der Waals surface area contributed by atoms with Crippen LogP contribution in [0.1, 0.15) is 32.3 Å². The zero-order chi connectivity index (χ0) is 12.9. The van der Waals surface area contributed by atoms with Crippen LogP contribution in [-0.2, 0) is 11.2 Å². The number of H-pyrrole nitrogens is 1. The molecule has 0 aliphatic rings. The molecule has 1 rings (SSSR count). The van der Waals surface area contributed by atoms with Crippen molar-refractivity contribution in [2.75, 3.05) is 13.6 Å². The van der Waals surface area contributed by atoms with Crippen LogP contribution in [-0.4, -0.2) is 34.9 Å². The quantitative estimate of drug-likeness (QED) is 0.788. The number of aromatic nitrogens is 1. The van der Waals surface area contributed by atoms with Gasteiger partial charge in [-0.2, -0.15) is 0 Å². The fraction of sp³-hybridized carbons (Fsp3) is 0.615. The number of rotatable bonds is 6. The molecule has 0 bridgehead atoms. The van der Waals surface area contributed by atoms with Gasteiger partial charge >= 0.3 is 0 Å². The predicted molar refractivity (Wildman–Crippen MR) is 69.6 cm³/mol. The molecule has 96 valence electrons. The second kappa shape index (κ2) is 5.87. The van der Waals surface area contributed by atoms with Crippen molar-refractivity contribution >= 4 is 5.91 Å². The van der Waals surface area contributed by atoms with E-state index in [9.17, 15) is 4.79 Å². The summed E-state index contributed by atoms with van der Waals surface area (Å²) in [6.45, 7) is 4.64. The lowest BCUT2D eigenvalue weighted by molar-refractivity contribution is -0.130. The van der Waals surface area contributed by atoms with Gasteiger partial charge in [0, 0.05) is 37.9 Å². The summed E-state index contributed by atoms with van der Waals surface area (Å²) >= 11 is 0. The molecule has 0 saturated carbocycles. The number of carbonyl (C=O) groups excluding carboxylic acids is 1. The third-order valence-corrected chi connectivity index (χ3v) is 2.81. The summed E-state index contributed by atoms with van der Waals surface area (Å²) in [5.74, 6) is 0.166. The number of aromatic amines is 1. The van der Waals surface area contributed by atoms with Gasteiger partial charge in [0.1, 0.15) is 0 Å². The maximum atomic E-state index is 11.8. The lowest BCUT2D eigenvalue weighted by atomic mass is 10.00. The summed E-state index contributed by atoms with van der Waals surface area (Å²) in [6.07, 6.45) is 5.99. The first-order chi connectivity index (χ1) is 7.88. The lowest BCUT2D eigenvalue weighted by Crippen LogP contribution is -2.35. The molecule has 1 aromatic heterocycles. The Morgan fingerprint density at radius 3 is 2.76 bits per heavy atom. The molecule has 0 spiro atoms. The van der Waals surface area contributed by atoms with Gasteiger partial charge in [-0.1, -0.05) is 0 Å². The van der Waals surface area contributed by atoms with Crippen LogP contribution in [0, 0.1) is 0 Å². The SMILES string of the molecule is CN(CCc1cc[nH]c1)C(=O)CCC(C)(C)N.